The Bertz CT molecular complexity index is 345. The predicted octanol–water partition coefficient (Wildman–Crippen LogP) is 8.08. The molecule has 1 fully saturated rings. The molecule has 0 saturated carbocycles. The highest BCUT2D eigenvalue weighted by Crippen LogP contribution is 2.47. The van der Waals surface area contributed by atoms with E-state index in [4.69, 9.17) is 0 Å². The molecule has 3 heteroatoms. The van der Waals surface area contributed by atoms with Crippen LogP contribution in [-0.2, 0) is 9.53 Å². The Hall–Kier alpha value is -0.180. The lowest BCUT2D eigenvalue weighted by Crippen LogP contribution is -1.99. The van der Waals surface area contributed by atoms with Crippen LogP contribution in [0.3, 0.4) is 0 Å². The van der Waals surface area contributed by atoms with E-state index in [1.165, 1.54) is 116 Å². The van der Waals surface area contributed by atoms with Gasteiger partial charge in [0.15, 0.2) is 0 Å². The number of esters is 1. The van der Waals surface area contributed by atoms with Crippen molar-refractivity contribution in [2.75, 3.05) is 7.11 Å². The molecule has 1 saturated heterocycles. The van der Waals surface area contributed by atoms with Gasteiger partial charge in [-0.3, -0.25) is 4.79 Å². The lowest BCUT2D eigenvalue weighted by atomic mass is 10.0. The van der Waals surface area contributed by atoms with Crippen LogP contribution in [0.2, 0.25) is 0 Å². The topological polar surface area (TPSA) is 26.3 Å². The van der Waals surface area contributed by atoms with E-state index in [9.17, 15) is 4.79 Å². The number of unbranched alkanes of at least 4 members (excludes halogenated alkanes) is 14. The van der Waals surface area contributed by atoms with Gasteiger partial charge in [-0.2, -0.15) is 11.8 Å². The second-order valence-corrected chi connectivity index (χ2v) is 9.90. The number of carbonyl (C=O) groups is 1. The average Bonchev–Trinajstić information content (AvgIpc) is 3.42. The molecule has 0 aliphatic carbocycles. The normalized spacial score (nSPS) is 18.6. The van der Waals surface area contributed by atoms with Crippen LogP contribution in [0.5, 0.6) is 0 Å². The Morgan fingerprint density at radius 3 is 1.52 bits per heavy atom. The summed E-state index contributed by atoms with van der Waals surface area (Å²) in [4.78, 5) is 11.0. The highest BCUT2D eigenvalue weighted by atomic mass is 32.2. The molecule has 0 bridgehead atoms. The molecule has 1 rings (SSSR count). The van der Waals surface area contributed by atoms with E-state index in [-0.39, 0.29) is 5.97 Å². The highest BCUT2D eigenvalue weighted by Gasteiger charge is 2.35. The maximum absolute atomic E-state index is 11.0. The van der Waals surface area contributed by atoms with E-state index in [1.807, 2.05) is 0 Å². The molecule has 0 aromatic carbocycles. The second kappa shape index (κ2) is 17.9. The van der Waals surface area contributed by atoms with Crippen LogP contribution in [0.15, 0.2) is 0 Å². The third kappa shape index (κ3) is 15.4. The zero-order chi connectivity index (χ0) is 19.6. The minimum absolute atomic E-state index is 0.0621. The molecule has 2 nitrogen and oxygen atoms in total. The molecule has 0 N–H and O–H groups in total. The van der Waals surface area contributed by atoms with E-state index in [2.05, 4.69) is 23.4 Å². The molecule has 0 aromatic heterocycles. The zero-order valence-corrected chi connectivity index (χ0v) is 19.1. The van der Waals surface area contributed by atoms with Gasteiger partial charge in [0.05, 0.1) is 7.11 Å². The Labute approximate surface area is 174 Å². The van der Waals surface area contributed by atoms with Gasteiger partial charge in [-0.25, -0.2) is 0 Å². The van der Waals surface area contributed by atoms with Gasteiger partial charge in [-0.05, 0) is 19.3 Å². The summed E-state index contributed by atoms with van der Waals surface area (Å²) < 4.78 is 4.66. The maximum Gasteiger partial charge on any atom is 0.305 e. The lowest BCUT2D eigenvalue weighted by Gasteiger charge is -2.04. The Kier molecular flexibility index (Phi) is 16.5. The van der Waals surface area contributed by atoms with Crippen molar-refractivity contribution in [3.8, 4) is 0 Å². The summed E-state index contributed by atoms with van der Waals surface area (Å²) in [5.74, 6) is -0.0621. The third-order valence-corrected chi connectivity index (χ3v) is 7.37. The fourth-order valence-electron chi connectivity index (χ4n) is 3.99. The number of rotatable bonds is 20. The minimum Gasteiger partial charge on any atom is -0.469 e. The molecule has 27 heavy (non-hydrogen) atoms. The van der Waals surface area contributed by atoms with Crippen molar-refractivity contribution < 1.29 is 9.53 Å². The highest BCUT2D eigenvalue weighted by molar-refractivity contribution is 8.07. The zero-order valence-electron chi connectivity index (χ0n) is 18.3. The fourth-order valence-corrected chi connectivity index (χ4v) is 5.29. The van der Waals surface area contributed by atoms with E-state index >= 15 is 0 Å². The van der Waals surface area contributed by atoms with E-state index < -0.39 is 0 Å². The lowest BCUT2D eigenvalue weighted by molar-refractivity contribution is -0.140. The summed E-state index contributed by atoms with van der Waals surface area (Å²) in [6.45, 7) is 2.31. The summed E-state index contributed by atoms with van der Waals surface area (Å²) in [5, 5.41) is 2.06. The maximum atomic E-state index is 11.0. The largest absolute Gasteiger partial charge is 0.469 e. The smallest absolute Gasteiger partial charge is 0.305 e. The molecular formula is C24H46O2S. The molecule has 2 atom stereocenters. The Balaban J connectivity index is 1.65. The molecule has 0 aromatic rings. The number of hydrogen-bond acceptors (Lipinski definition) is 3. The second-order valence-electron chi connectivity index (χ2n) is 8.42. The quantitative estimate of drug-likeness (QED) is 0.118. The summed E-state index contributed by atoms with van der Waals surface area (Å²) >= 11 is 2.23. The molecule has 0 radical (unpaired) electrons. The van der Waals surface area contributed by atoms with Gasteiger partial charge < -0.3 is 4.74 Å². The van der Waals surface area contributed by atoms with Gasteiger partial charge in [-0.15, -0.1) is 0 Å². The van der Waals surface area contributed by atoms with Gasteiger partial charge in [0.2, 0.25) is 0 Å². The molecule has 1 aliphatic rings. The molecule has 1 aliphatic heterocycles. The van der Waals surface area contributed by atoms with Crippen LogP contribution < -0.4 is 0 Å². The predicted molar refractivity (Wildman–Crippen MR) is 121 cm³/mol. The van der Waals surface area contributed by atoms with Gasteiger partial charge in [-0.1, -0.05) is 103 Å². The number of ether oxygens (including phenoxy) is 1. The fraction of sp³-hybridized carbons (Fsp3) is 0.958. The first-order valence-corrected chi connectivity index (χ1v) is 12.9. The molecular weight excluding hydrogens is 352 g/mol. The molecule has 160 valence electrons. The molecule has 0 spiro atoms. The van der Waals surface area contributed by atoms with Crippen molar-refractivity contribution in [2.45, 2.75) is 139 Å². The Morgan fingerprint density at radius 1 is 0.667 bits per heavy atom. The first-order valence-electron chi connectivity index (χ1n) is 12.0. The Morgan fingerprint density at radius 2 is 1.07 bits per heavy atom. The number of thioether (sulfide) groups is 1. The van der Waals surface area contributed by atoms with Crippen LogP contribution in [0.1, 0.15) is 129 Å². The van der Waals surface area contributed by atoms with Crippen molar-refractivity contribution in [2.24, 2.45) is 0 Å². The monoisotopic (exact) mass is 398 g/mol. The standard InChI is InChI=1S/C24H46O2S/c1-3-19-22-23(27-22)20-17-15-13-11-9-7-5-4-6-8-10-12-14-16-18-21-24(25)26-2/h22-23H,3-21H2,1-2H3. The average molecular weight is 399 g/mol. The number of hydrogen-bond donors (Lipinski definition) is 0. The van der Waals surface area contributed by atoms with Crippen LogP contribution in [-0.4, -0.2) is 23.6 Å². The van der Waals surface area contributed by atoms with Gasteiger partial charge >= 0.3 is 5.97 Å². The van der Waals surface area contributed by atoms with Crippen molar-refractivity contribution in [3.05, 3.63) is 0 Å². The van der Waals surface area contributed by atoms with E-state index in [0.717, 1.165) is 16.9 Å². The molecule has 0 amide bonds. The van der Waals surface area contributed by atoms with Crippen LogP contribution >= 0.6 is 11.8 Å². The van der Waals surface area contributed by atoms with Crippen LogP contribution in [0.4, 0.5) is 0 Å². The summed E-state index contributed by atoms with van der Waals surface area (Å²) in [6.07, 6.45) is 25.5. The summed E-state index contributed by atoms with van der Waals surface area (Å²) in [5.41, 5.74) is 0. The van der Waals surface area contributed by atoms with Crippen molar-refractivity contribution >= 4 is 17.7 Å². The van der Waals surface area contributed by atoms with Gasteiger partial charge in [0.25, 0.3) is 0 Å². The van der Waals surface area contributed by atoms with Crippen molar-refractivity contribution in [3.63, 3.8) is 0 Å². The van der Waals surface area contributed by atoms with E-state index in [0.29, 0.717) is 6.42 Å². The minimum atomic E-state index is -0.0621. The summed E-state index contributed by atoms with van der Waals surface area (Å²) in [6, 6.07) is 0. The van der Waals surface area contributed by atoms with Crippen molar-refractivity contribution in [1.29, 1.82) is 0 Å². The first-order chi connectivity index (χ1) is 13.3. The van der Waals surface area contributed by atoms with Crippen LogP contribution in [0.25, 0.3) is 0 Å². The third-order valence-electron chi connectivity index (χ3n) is 5.86. The number of methoxy groups -OCH3 is 1. The van der Waals surface area contributed by atoms with Gasteiger partial charge in [0.1, 0.15) is 0 Å². The van der Waals surface area contributed by atoms with Crippen molar-refractivity contribution in [1.82, 2.24) is 0 Å². The number of carbonyl (C=O) groups excluding carboxylic acids is 1. The van der Waals surface area contributed by atoms with Crippen LogP contribution in [0, 0.1) is 0 Å². The molecule has 2 unspecified atom stereocenters. The first kappa shape index (κ1) is 24.9. The van der Waals surface area contributed by atoms with E-state index in [1.54, 1.807) is 0 Å². The summed E-state index contributed by atoms with van der Waals surface area (Å²) in [7, 11) is 1.47. The molecule has 1 heterocycles. The SMILES string of the molecule is CCCC1SC1CCCCCCCCCCCCCCCCCC(=O)OC. The van der Waals surface area contributed by atoms with Gasteiger partial charge in [0, 0.05) is 16.9 Å².